The molecule has 1 aromatic rings. The smallest absolute Gasteiger partial charge is 0.304 e. The highest BCUT2D eigenvalue weighted by Crippen LogP contribution is 2.53. The molecule has 1 N–H and O–H groups in total. The summed E-state index contributed by atoms with van der Waals surface area (Å²) in [7, 11) is 0. The second-order valence-corrected chi connectivity index (χ2v) is 5.26. The van der Waals surface area contributed by atoms with Gasteiger partial charge in [0.1, 0.15) is 5.82 Å². The number of halogens is 2. The van der Waals surface area contributed by atoms with E-state index in [1.54, 1.807) is 6.07 Å². The number of hydrogen-bond acceptors (Lipinski definition) is 1. The van der Waals surface area contributed by atoms with E-state index in [-0.39, 0.29) is 12.2 Å². The SMILES string of the molecule is Cc1ccc(Br)c(F)c1C1(CC(=O)O)CC1. The van der Waals surface area contributed by atoms with Gasteiger partial charge < -0.3 is 5.11 Å². The minimum absolute atomic E-state index is 0.0151. The van der Waals surface area contributed by atoms with Crippen LogP contribution < -0.4 is 0 Å². The van der Waals surface area contributed by atoms with Crippen molar-refractivity contribution in [1.29, 1.82) is 0 Å². The molecule has 1 aliphatic rings. The fourth-order valence-corrected chi connectivity index (χ4v) is 2.58. The Morgan fingerprint density at radius 2 is 2.19 bits per heavy atom. The molecule has 0 atom stereocenters. The first-order chi connectivity index (χ1) is 7.46. The molecule has 4 heteroatoms. The van der Waals surface area contributed by atoms with Gasteiger partial charge in [-0.15, -0.1) is 0 Å². The lowest BCUT2D eigenvalue weighted by Crippen LogP contribution is -2.16. The van der Waals surface area contributed by atoms with Crippen molar-refractivity contribution in [3.8, 4) is 0 Å². The monoisotopic (exact) mass is 286 g/mol. The first-order valence-corrected chi connectivity index (χ1v) is 5.92. The Bertz CT molecular complexity index is 453. The molecule has 0 aromatic heterocycles. The Morgan fingerprint density at radius 3 is 2.69 bits per heavy atom. The summed E-state index contributed by atoms with van der Waals surface area (Å²) in [5, 5.41) is 8.87. The fraction of sp³-hybridized carbons (Fsp3) is 0.417. The predicted octanol–water partition coefficient (Wildman–Crippen LogP) is 3.40. The van der Waals surface area contributed by atoms with E-state index >= 15 is 0 Å². The molecule has 2 rings (SSSR count). The molecular weight excluding hydrogens is 275 g/mol. The Balaban J connectivity index is 2.48. The largest absolute Gasteiger partial charge is 0.481 e. The van der Waals surface area contributed by atoms with Crippen molar-refractivity contribution in [2.45, 2.75) is 31.6 Å². The van der Waals surface area contributed by atoms with Crippen LogP contribution >= 0.6 is 15.9 Å². The van der Waals surface area contributed by atoms with Crippen molar-refractivity contribution in [2.24, 2.45) is 0 Å². The van der Waals surface area contributed by atoms with Gasteiger partial charge in [-0.2, -0.15) is 0 Å². The molecule has 0 radical (unpaired) electrons. The molecule has 1 aliphatic carbocycles. The molecule has 0 unspecified atom stereocenters. The van der Waals surface area contributed by atoms with Crippen LogP contribution in [0.4, 0.5) is 4.39 Å². The second-order valence-electron chi connectivity index (χ2n) is 4.40. The molecule has 1 saturated carbocycles. The van der Waals surface area contributed by atoms with Gasteiger partial charge >= 0.3 is 5.97 Å². The van der Waals surface area contributed by atoms with Crippen LogP contribution in [0.5, 0.6) is 0 Å². The predicted molar refractivity (Wildman–Crippen MR) is 62.0 cm³/mol. The minimum atomic E-state index is -0.865. The summed E-state index contributed by atoms with van der Waals surface area (Å²) in [5.41, 5.74) is 0.938. The number of carboxylic acids is 1. The summed E-state index contributed by atoms with van der Waals surface area (Å²) in [5.74, 6) is -1.17. The fourth-order valence-electron chi connectivity index (χ4n) is 2.25. The molecule has 0 amide bonds. The van der Waals surface area contributed by atoms with Crippen LogP contribution in [0.25, 0.3) is 0 Å². The zero-order valence-corrected chi connectivity index (χ0v) is 10.5. The summed E-state index contributed by atoms with van der Waals surface area (Å²) >= 11 is 3.14. The molecule has 86 valence electrons. The molecule has 1 fully saturated rings. The quantitative estimate of drug-likeness (QED) is 0.925. The average molecular weight is 287 g/mol. The maximum atomic E-state index is 14.0. The van der Waals surface area contributed by atoms with E-state index in [1.807, 2.05) is 13.0 Å². The lowest BCUT2D eigenvalue weighted by molar-refractivity contribution is -0.137. The molecule has 0 saturated heterocycles. The maximum absolute atomic E-state index is 14.0. The van der Waals surface area contributed by atoms with Gasteiger partial charge in [0.25, 0.3) is 0 Å². The number of carbonyl (C=O) groups is 1. The van der Waals surface area contributed by atoms with Crippen molar-refractivity contribution in [3.05, 3.63) is 33.5 Å². The van der Waals surface area contributed by atoms with E-state index in [0.29, 0.717) is 10.0 Å². The van der Waals surface area contributed by atoms with Gasteiger partial charge in [0.15, 0.2) is 0 Å². The number of aliphatic carboxylic acids is 1. The van der Waals surface area contributed by atoms with Gasteiger partial charge in [-0.1, -0.05) is 6.07 Å². The van der Waals surface area contributed by atoms with E-state index in [4.69, 9.17) is 5.11 Å². The van der Waals surface area contributed by atoms with Crippen LogP contribution in [0.3, 0.4) is 0 Å². The lowest BCUT2D eigenvalue weighted by atomic mass is 9.88. The van der Waals surface area contributed by atoms with E-state index in [0.717, 1.165) is 18.4 Å². The van der Waals surface area contributed by atoms with Crippen LogP contribution in [0.1, 0.15) is 30.4 Å². The van der Waals surface area contributed by atoms with E-state index in [1.165, 1.54) is 0 Å². The minimum Gasteiger partial charge on any atom is -0.481 e. The van der Waals surface area contributed by atoms with Gasteiger partial charge in [0.2, 0.25) is 0 Å². The zero-order valence-electron chi connectivity index (χ0n) is 8.89. The van der Waals surface area contributed by atoms with Crippen molar-refractivity contribution in [2.75, 3.05) is 0 Å². The number of rotatable bonds is 3. The van der Waals surface area contributed by atoms with Crippen molar-refractivity contribution in [3.63, 3.8) is 0 Å². The first-order valence-electron chi connectivity index (χ1n) is 5.13. The molecular formula is C12H12BrFO2. The molecule has 0 spiro atoms. The second kappa shape index (κ2) is 3.84. The Hall–Kier alpha value is -0.900. The number of benzene rings is 1. The summed E-state index contributed by atoms with van der Waals surface area (Å²) in [6.45, 7) is 1.83. The lowest BCUT2D eigenvalue weighted by Gasteiger charge is -2.17. The van der Waals surface area contributed by atoms with Gasteiger partial charge in [-0.05, 0) is 52.9 Å². The number of aryl methyl sites for hydroxylation is 1. The average Bonchev–Trinajstić information content (AvgIpc) is 2.92. The standard InChI is InChI=1S/C12H12BrFO2/c1-7-2-3-8(13)11(14)10(7)12(4-5-12)6-9(15)16/h2-3H,4-6H2,1H3,(H,15,16). The maximum Gasteiger partial charge on any atom is 0.304 e. The van der Waals surface area contributed by atoms with E-state index in [9.17, 15) is 9.18 Å². The van der Waals surface area contributed by atoms with Crippen LogP contribution in [0.2, 0.25) is 0 Å². The highest BCUT2D eigenvalue weighted by molar-refractivity contribution is 9.10. The topological polar surface area (TPSA) is 37.3 Å². The normalized spacial score (nSPS) is 17.2. The van der Waals surface area contributed by atoms with Crippen LogP contribution in [0.15, 0.2) is 16.6 Å². The molecule has 16 heavy (non-hydrogen) atoms. The Morgan fingerprint density at radius 1 is 1.56 bits per heavy atom. The summed E-state index contributed by atoms with van der Waals surface area (Å²) < 4.78 is 14.4. The third-order valence-electron chi connectivity index (χ3n) is 3.18. The first kappa shape index (κ1) is 11.6. The van der Waals surface area contributed by atoms with Crippen molar-refractivity contribution < 1.29 is 14.3 Å². The summed E-state index contributed by atoms with van der Waals surface area (Å²) in [6.07, 6.45) is 1.53. The molecule has 1 aromatic carbocycles. The van der Waals surface area contributed by atoms with E-state index in [2.05, 4.69) is 15.9 Å². The van der Waals surface area contributed by atoms with Gasteiger partial charge in [0.05, 0.1) is 10.9 Å². The van der Waals surface area contributed by atoms with Crippen LogP contribution in [-0.2, 0) is 10.2 Å². The highest BCUT2D eigenvalue weighted by atomic mass is 79.9. The summed E-state index contributed by atoms with van der Waals surface area (Å²) in [4.78, 5) is 10.8. The third kappa shape index (κ3) is 1.86. The summed E-state index contributed by atoms with van der Waals surface area (Å²) in [6, 6.07) is 3.48. The van der Waals surface area contributed by atoms with E-state index < -0.39 is 11.4 Å². The molecule has 0 bridgehead atoms. The Labute approximate surface area is 102 Å². The third-order valence-corrected chi connectivity index (χ3v) is 3.79. The zero-order chi connectivity index (χ0) is 11.9. The molecule has 0 heterocycles. The van der Waals surface area contributed by atoms with Crippen LogP contribution in [0, 0.1) is 12.7 Å². The molecule has 2 nitrogen and oxygen atoms in total. The van der Waals surface area contributed by atoms with Gasteiger partial charge in [0, 0.05) is 5.41 Å². The number of hydrogen-bond donors (Lipinski definition) is 1. The van der Waals surface area contributed by atoms with Gasteiger partial charge in [-0.3, -0.25) is 4.79 Å². The number of carboxylic acid groups (broad SMARTS) is 1. The van der Waals surface area contributed by atoms with Gasteiger partial charge in [-0.25, -0.2) is 4.39 Å². The van der Waals surface area contributed by atoms with Crippen molar-refractivity contribution >= 4 is 21.9 Å². The Kier molecular flexibility index (Phi) is 2.78. The highest BCUT2D eigenvalue weighted by Gasteiger charge is 2.48. The van der Waals surface area contributed by atoms with Crippen molar-refractivity contribution in [1.82, 2.24) is 0 Å². The van der Waals surface area contributed by atoms with Crippen LogP contribution in [-0.4, -0.2) is 11.1 Å². The molecule has 0 aliphatic heterocycles.